The SMILES string of the molecule is CC(C)(C)c1ccc(OC(=O)NC(=O)CCBr)cc1. The summed E-state index contributed by atoms with van der Waals surface area (Å²) in [6, 6.07) is 7.25. The zero-order valence-electron chi connectivity index (χ0n) is 11.3. The van der Waals surface area contributed by atoms with Gasteiger partial charge in [0.2, 0.25) is 5.91 Å². The minimum Gasteiger partial charge on any atom is -0.410 e. The summed E-state index contributed by atoms with van der Waals surface area (Å²) in [7, 11) is 0. The Hall–Kier alpha value is -1.36. The Bertz CT molecular complexity index is 449. The molecule has 0 aliphatic carbocycles. The molecule has 104 valence electrons. The molecule has 0 aliphatic rings. The maximum Gasteiger partial charge on any atom is 0.419 e. The zero-order valence-corrected chi connectivity index (χ0v) is 12.9. The van der Waals surface area contributed by atoms with E-state index in [1.54, 1.807) is 12.1 Å². The smallest absolute Gasteiger partial charge is 0.410 e. The summed E-state index contributed by atoms with van der Waals surface area (Å²) in [6.07, 6.45) is -0.521. The predicted octanol–water partition coefficient (Wildman–Crippen LogP) is 3.38. The van der Waals surface area contributed by atoms with Gasteiger partial charge in [-0.15, -0.1) is 0 Å². The lowest BCUT2D eigenvalue weighted by Crippen LogP contribution is -2.32. The van der Waals surface area contributed by atoms with Crippen molar-refractivity contribution in [2.75, 3.05) is 5.33 Å². The van der Waals surface area contributed by atoms with E-state index in [1.807, 2.05) is 12.1 Å². The molecule has 0 radical (unpaired) electrons. The lowest BCUT2D eigenvalue weighted by molar-refractivity contribution is -0.119. The molecule has 1 N–H and O–H groups in total. The van der Waals surface area contributed by atoms with Crippen molar-refractivity contribution in [2.45, 2.75) is 32.6 Å². The maximum atomic E-state index is 11.4. The topological polar surface area (TPSA) is 55.4 Å². The van der Waals surface area contributed by atoms with Crippen LogP contribution >= 0.6 is 15.9 Å². The molecule has 0 saturated carbocycles. The van der Waals surface area contributed by atoms with Crippen LogP contribution in [-0.2, 0) is 10.2 Å². The Balaban J connectivity index is 2.58. The van der Waals surface area contributed by atoms with Gasteiger partial charge in [-0.1, -0.05) is 48.8 Å². The van der Waals surface area contributed by atoms with Crippen molar-refractivity contribution in [3.05, 3.63) is 29.8 Å². The summed E-state index contributed by atoms with van der Waals surface area (Å²) in [5, 5.41) is 2.65. The highest BCUT2D eigenvalue weighted by atomic mass is 79.9. The lowest BCUT2D eigenvalue weighted by Gasteiger charge is -2.18. The van der Waals surface area contributed by atoms with E-state index in [2.05, 4.69) is 42.0 Å². The standard InChI is InChI=1S/C14H18BrNO3/c1-14(2,3)10-4-6-11(7-5-10)19-13(18)16-12(17)8-9-15/h4-7H,8-9H2,1-3H3,(H,16,17,18). The number of carbonyl (C=O) groups is 2. The van der Waals surface area contributed by atoms with E-state index < -0.39 is 6.09 Å². The average molecular weight is 328 g/mol. The van der Waals surface area contributed by atoms with Crippen LogP contribution in [0, 0.1) is 0 Å². The highest BCUT2D eigenvalue weighted by Crippen LogP contribution is 2.24. The first-order valence-corrected chi connectivity index (χ1v) is 7.13. The third kappa shape index (κ3) is 5.42. The van der Waals surface area contributed by atoms with E-state index >= 15 is 0 Å². The summed E-state index contributed by atoms with van der Waals surface area (Å²) in [4.78, 5) is 22.6. The molecule has 0 aromatic heterocycles. The molecule has 2 amide bonds. The molecule has 0 atom stereocenters. The van der Waals surface area contributed by atoms with E-state index in [1.165, 1.54) is 0 Å². The monoisotopic (exact) mass is 327 g/mol. The summed E-state index contributed by atoms with van der Waals surface area (Å²) >= 11 is 3.12. The van der Waals surface area contributed by atoms with E-state index in [-0.39, 0.29) is 17.7 Å². The van der Waals surface area contributed by atoms with Crippen LogP contribution in [0.5, 0.6) is 5.75 Å². The quantitative estimate of drug-likeness (QED) is 0.866. The fraction of sp³-hybridized carbons (Fsp3) is 0.429. The summed E-state index contributed by atoms with van der Waals surface area (Å²) in [5.74, 6) is 0.0466. The largest absolute Gasteiger partial charge is 0.419 e. The second-order valence-corrected chi connectivity index (χ2v) is 5.94. The summed E-state index contributed by atoms with van der Waals surface area (Å²) < 4.78 is 5.01. The van der Waals surface area contributed by atoms with Gasteiger partial charge in [0, 0.05) is 11.8 Å². The van der Waals surface area contributed by atoms with Gasteiger partial charge in [0.25, 0.3) is 0 Å². The van der Waals surface area contributed by atoms with Crippen LogP contribution < -0.4 is 10.1 Å². The minimum absolute atomic E-state index is 0.0482. The molecule has 0 saturated heterocycles. The molecular weight excluding hydrogens is 310 g/mol. The van der Waals surface area contributed by atoms with Gasteiger partial charge in [-0.25, -0.2) is 4.79 Å². The first kappa shape index (κ1) is 15.7. The number of hydrogen-bond donors (Lipinski definition) is 1. The number of halogens is 1. The van der Waals surface area contributed by atoms with Crippen molar-refractivity contribution < 1.29 is 14.3 Å². The van der Waals surface area contributed by atoms with Crippen molar-refractivity contribution in [3.63, 3.8) is 0 Å². The molecule has 0 aliphatic heterocycles. The number of ether oxygens (including phenoxy) is 1. The van der Waals surface area contributed by atoms with E-state index in [0.717, 1.165) is 5.56 Å². The van der Waals surface area contributed by atoms with Crippen LogP contribution in [0.25, 0.3) is 0 Å². The second-order valence-electron chi connectivity index (χ2n) is 5.15. The predicted molar refractivity (Wildman–Crippen MR) is 77.7 cm³/mol. The average Bonchev–Trinajstić information content (AvgIpc) is 2.28. The molecule has 5 heteroatoms. The van der Waals surface area contributed by atoms with E-state index in [0.29, 0.717) is 11.1 Å². The van der Waals surface area contributed by atoms with Gasteiger partial charge in [0.15, 0.2) is 0 Å². The van der Waals surface area contributed by atoms with Crippen LogP contribution in [0.1, 0.15) is 32.8 Å². The molecule has 0 heterocycles. The summed E-state index contributed by atoms with van der Waals surface area (Å²) in [6.45, 7) is 6.32. The third-order valence-electron chi connectivity index (χ3n) is 2.49. The fourth-order valence-corrected chi connectivity index (χ4v) is 1.78. The van der Waals surface area contributed by atoms with Gasteiger partial charge in [-0.3, -0.25) is 10.1 Å². The highest BCUT2D eigenvalue weighted by molar-refractivity contribution is 9.09. The van der Waals surface area contributed by atoms with Crippen LogP contribution in [-0.4, -0.2) is 17.3 Å². The van der Waals surface area contributed by atoms with Crippen molar-refractivity contribution >= 4 is 27.9 Å². The first-order chi connectivity index (χ1) is 8.82. The van der Waals surface area contributed by atoms with Gasteiger partial charge < -0.3 is 4.74 Å². The van der Waals surface area contributed by atoms with Crippen LogP contribution in [0.3, 0.4) is 0 Å². The van der Waals surface area contributed by atoms with Crippen molar-refractivity contribution in [3.8, 4) is 5.75 Å². The molecule has 0 bridgehead atoms. The van der Waals surface area contributed by atoms with Crippen molar-refractivity contribution in [2.24, 2.45) is 0 Å². The maximum absolute atomic E-state index is 11.4. The zero-order chi connectivity index (χ0) is 14.5. The molecule has 1 aromatic rings. The normalized spacial score (nSPS) is 10.9. The number of carbonyl (C=O) groups excluding carboxylic acids is 2. The second kappa shape index (κ2) is 6.70. The molecule has 0 spiro atoms. The van der Waals surface area contributed by atoms with Gasteiger partial charge in [-0.2, -0.15) is 0 Å². The number of imide groups is 1. The minimum atomic E-state index is -0.755. The molecule has 0 unspecified atom stereocenters. The van der Waals surface area contributed by atoms with Gasteiger partial charge in [-0.05, 0) is 23.1 Å². The third-order valence-corrected chi connectivity index (χ3v) is 2.89. The number of alkyl halides is 1. The highest BCUT2D eigenvalue weighted by Gasteiger charge is 2.14. The molecule has 19 heavy (non-hydrogen) atoms. The van der Waals surface area contributed by atoms with Crippen LogP contribution in [0.2, 0.25) is 0 Å². The number of rotatable bonds is 3. The Kier molecular flexibility index (Phi) is 5.54. The number of nitrogens with one attached hydrogen (secondary N) is 1. The lowest BCUT2D eigenvalue weighted by atomic mass is 9.87. The molecule has 0 fully saturated rings. The van der Waals surface area contributed by atoms with Gasteiger partial charge in [0.1, 0.15) is 5.75 Å². The molecule has 4 nitrogen and oxygen atoms in total. The van der Waals surface area contributed by atoms with Crippen LogP contribution in [0.4, 0.5) is 4.79 Å². The Morgan fingerprint density at radius 2 is 1.79 bits per heavy atom. The van der Waals surface area contributed by atoms with Crippen LogP contribution in [0.15, 0.2) is 24.3 Å². The van der Waals surface area contributed by atoms with Crippen molar-refractivity contribution in [1.29, 1.82) is 0 Å². The number of amides is 2. The molecule has 1 aromatic carbocycles. The summed E-state index contributed by atoms with van der Waals surface area (Å²) in [5.41, 5.74) is 1.20. The fourth-order valence-electron chi connectivity index (χ4n) is 1.42. The Morgan fingerprint density at radius 1 is 1.21 bits per heavy atom. The number of hydrogen-bond acceptors (Lipinski definition) is 3. The molecule has 1 rings (SSSR count). The van der Waals surface area contributed by atoms with Gasteiger partial charge in [0.05, 0.1) is 0 Å². The first-order valence-electron chi connectivity index (χ1n) is 6.01. The van der Waals surface area contributed by atoms with E-state index in [4.69, 9.17) is 4.74 Å². The molecular formula is C14H18BrNO3. The van der Waals surface area contributed by atoms with Gasteiger partial charge >= 0.3 is 6.09 Å². The Labute approximate surface area is 121 Å². The number of benzene rings is 1. The van der Waals surface area contributed by atoms with Crippen molar-refractivity contribution in [1.82, 2.24) is 5.32 Å². The Morgan fingerprint density at radius 3 is 2.26 bits per heavy atom. The van der Waals surface area contributed by atoms with E-state index in [9.17, 15) is 9.59 Å².